The smallest absolute Gasteiger partial charge is 0.243 e. The van der Waals surface area contributed by atoms with Crippen molar-refractivity contribution in [1.82, 2.24) is 9.62 Å². The highest BCUT2D eigenvalue weighted by molar-refractivity contribution is 7.89. The van der Waals surface area contributed by atoms with Crippen LogP contribution in [0.2, 0.25) is 0 Å². The minimum Gasteiger partial charge on any atom is -0.348 e. The first-order valence-corrected chi connectivity index (χ1v) is 10.9. The lowest BCUT2D eigenvalue weighted by Gasteiger charge is -2.20. The molecule has 152 valence electrons. The number of benzene rings is 3. The van der Waals surface area contributed by atoms with Crippen LogP contribution in [0.4, 0.5) is 0 Å². The molecule has 0 fully saturated rings. The second-order valence-electron chi connectivity index (χ2n) is 7.40. The molecule has 0 saturated carbocycles. The zero-order valence-electron chi connectivity index (χ0n) is 17.1. The maximum absolute atomic E-state index is 12.9. The zero-order valence-corrected chi connectivity index (χ0v) is 18.0. The number of hydrogen-bond acceptors (Lipinski definition) is 3. The fourth-order valence-electron chi connectivity index (χ4n) is 3.20. The van der Waals surface area contributed by atoms with Gasteiger partial charge in [-0.2, -0.15) is 4.31 Å². The van der Waals surface area contributed by atoms with E-state index in [0.29, 0.717) is 0 Å². The predicted molar refractivity (Wildman–Crippen MR) is 116 cm³/mol. The summed E-state index contributed by atoms with van der Waals surface area (Å²) in [4.78, 5) is 12.6. The summed E-state index contributed by atoms with van der Waals surface area (Å²) in [5, 5.41) is 4.69. The fraction of sp³-hybridized carbons (Fsp3) is 0.261. The highest BCUT2D eigenvalue weighted by atomic mass is 32.2. The van der Waals surface area contributed by atoms with Crippen LogP contribution in [0.25, 0.3) is 10.8 Å². The van der Waals surface area contributed by atoms with E-state index in [1.165, 1.54) is 12.6 Å². The molecule has 0 bridgehead atoms. The topological polar surface area (TPSA) is 66.5 Å². The highest BCUT2D eigenvalue weighted by Crippen LogP contribution is 2.21. The number of hydrogen-bond donors (Lipinski definition) is 1. The van der Waals surface area contributed by atoms with Gasteiger partial charge in [0, 0.05) is 7.05 Å². The Bertz CT molecular complexity index is 1160. The Morgan fingerprint density at radius 1 is 0.966 bits per heavy atom. The van der Waals surface area contributed by atoms with Gasteiger partial charge in [0.25, 0.3) is 0 Å². The summed E-state index contributed by atoms with van der Waals surface area (Å²) in [6, 6.07) is 18.4. The summed E-state index contributed by atoms with van der Waals surface area (Å²) in [6.45, 7) is 5.70. The van der Waals surface area contributed by atoms with E-state index in [-0.39, 0.29) is 23.4 Å². The van der Waals surface area contributed by atoms with Crippen LogP contribution in [0.5, 0.6) is 0 Å². The van der Waals surface area contributed by atoms with Crippen molar-refractivity contribution < 1.29 is 13.2 Å². The van der Waals surface area contributed by atoms with E-state index in [2.05, 4.69) is 5.32 Å². The van der Waals surface area contributed by atoms with E-state index >= 15 is 0 Å². The van der Waals surface area contributed by atoms with Crippen LogP contribution in [-0.4, -0.2) is 32.2 Å². The van der Waals surface area contributed by atoms with Gasteiger partial charge in [-0.25, -0.2) is 8.42 Å². The molecule has 0 aliphatic heterocycles. The van der Waals surface area contributed by atoms with Gasteiger partial charge in [0.2, 0.25) is 15.9 Å². The normalized spacial score (nSPS) is 12.9. The molecule has 5 nitrogen and oxygen atoms in total. The number of fused-ring (bicyclic) bond motifs is 1. The Balaban J connectivity index is 1.71. The van der Waals surface area contributed by atoms with Gasteiger partial charge >= 0.3 is 0 Å². The Hall–Kier alpha value is -2.70. The molecule has 0 unspecified atom stereocenters. The van der Waals surface area contributed by atoms with Crippen molar-refractivity contribution in [3.05, 3.63) is 77.4 Å². The van der Waals surface area contributed by atoms with Gasteiger partial charge in [-0.15, -0.1) is 0 Å². The van der Waals surface area contributed by atoms with Gasteiger partial charge in [-0.1, -0.05) is 48.5 Å². The first kappa shape index (κ1) is 21.0. The van der Waals surface area contributed by atoms with Crippen LogP contribution in [0.1, 0.15) is 29.7 Å². The molecule has 3 rings (SSSR count). The minimum atomic E-state index is -3.77. The lowest BCUT2D eigenvalue weighted by molar-refractivity contribution is -0.121. The minimum absolute atomic E-state index is 0.175. The monoisotopic (exact) mass is 410 g/mol. The van der Waals surface area contributed by atoms with Crippen molar-refractivity contribution >= 4 is 26.7 Å². The maximum Gasteiger partial charge on any atom is 0.243 e. The second-order valence-corrected chi connectivity index (χ2v) is 9.45. The van der Waals surface area contributed by atoms with E-state index in [1.807, 2.05) is 63.2 Å². The second kappa shape index (κ2) is 8.35. The summed E-state index contributed by atoms with van der Waals surface area (Å²) in [6.07, 6.45) is 0. The Labute approximate surface area is 172 Å². The van der Waals surface area contributed by atoms with Gasteiger partial charge in [0.15, 0.2) is 0 Å². The number of rotatable bonds is 6. The Morgan fingerprint density at radius 2 is 1.66 bits per heavy atom. The van der Waals surface area contributed by atoms with Crippen LogP contribution < -0.4 is 5.32 Å². The molecule has 0 heterocycles. The third-order valence-corrected chi connectivity index (χ3v) is 7.00. The van der Waals surface area contributed by atoms with Gasteiger partial charge in [0.1, 0.15) is 0 Å². The predicted octanol–water partition coefficient (Wildman–Crippen LogP) is 3.95. The molecule has 3 aromatic carbocycles. The van der Waals surface area contributed by atoms with Gasteiger partial charge in [0.05, 0.1) is 17.5 Å². The van der Waals surface area contributed by atoms with Crippen LogP contribution >= 0.6 is 0 Å². The first-order chi connectivity index (χ1) is 13.7. The molecule has 0 aromatic heterocycles. The quantitative estimate of drug-likeness (QED) is 0.669. The molecule has 3 aromatic rings. The third-order valence-electron chi connectivity index (χ3n) is 5.20. The molecule has 0 aliphatic rings. The average molecular weight is 411 g/mol. The molecule has 29 heavy (non-hydrogen) atoms. The molecule has 1 atom stereocenters. The summed E-state index contributed by atoms with van der Waals surface area (Å²) in [7, 11) is -2.34. The van der Waals surface area contributed by atoms with Gasteiger partial charge in [-0.3, -0.25) is 4.79 Å². The number of nitrogens with one attached hydrogen (secondary N) is 1. The number of sulfonamides is 1. The average Bonchev–Trinajstić information content (AvgIpc) is 2.69. The molecule has 0 saturated heterocycles. The molecule has 1 amide bonds. The Morgan fingerprint density at radius 3 is 2.34 bits per heavy atom. The van der Waals surface area contributed by atoms with Crippen molar-refractivity contribution in [3.8, 4) is 0 Å². The molecule has 0 radical (unpaired) electrons. The number of nitrogens with zero attached hydrogens (tertiary/aromatic N) is 1. The first-order valence-electron chi connectivity index (χ1n) is 9.50. The zero-order chi connectivity index (χ0) is 21.2. The summed E-state index contributed by atoms with van der Waals surface area (Å²) in [5.74, 6) is -0.345. The number of carbonyl (C=O) groups excluding carboxylic acids is 1. The summed E-state index contributed by atoms with van der Waals surface area (Å²) >= 11 is 0. The van der Waals surface area contributed by atoms with Crippen LogP contribution in [0, 0.1) is 13.8 Å². The molecule has 0 spiro atoms. The Kier molecular flexibility index (Phi) is 6.05. The van der Waals surface area contributed by atoms with Crippen molar-refractivity contribution in [2.75, 3.05) is 13.6 Å². The molecular weight excluding hydrogens is 384 g/mol. The van der Waals surface area contributed by atoms with E-state index in [4.69, 9.17) is 0 Å². The molecular formula is C23H26N2O3S. The fourth-order valence-corrected chi connectivity index (χ4v) is 4.36. The van der Waals surface area contributed by atoms with E-state index in [1.54, 1.807) is 18.2 Å². The van der Waals surface area contributed by atoms with Crippen LogP contribution in [-0.2, 0) is 14.8 Å². The van der Waals surface area contributed by atoms with Crippen molar-refractivity contribution in [2.24, 2.45) is 0 Å². The van der Waals surface area contributed by atoms with E-state index < -0.39 is 10.0 Å². The number of carbonyl (C=O) groups is 1. The number of amides is 1. The summed E-state index contributed by atoms with van der Waals surface area (Å²) in [5.41, 5.74) is 3.33. The standard InChI is InChI=1S/C23H26N2O3S/c1-16-9-10-20(13-17(16)2)18(3)24-23(26)15-25(4)29(27,28)22-12-11-19-7-5-6-8-21(19)14-22/h5-14,18H,15H2,1-4H3,(H,24,26)/t18-/m0/s1. The lowest BCUT2D eigenvalue weighted by Crippen LogP contribution is -2.39. The van der Waals surface area contributed by atoms with Crippen molar-refractivity contribution in [2.45, 2.75) is 31.7 Å². The lowest BCUT2D eigenvalue weighted by atomic mass is 10.0. The van der Waals surface area contributed by atoms with Crippen molar-refractivity contribution in [3.63, 3.8) is 0 Å². The van der Waals surface area contributed by atoms with E-state index in [9.17, 15) is 13.2 Å². The van der Waals surface area contributed by atoms with Gasteiger partial charge in [-0.05, 0) is 60.4 Å². The largest absolute Gasteiger partial charge is 0.348 e. The van der Waals surface area contributed by atoms with E-state index in [0.717, 1.165) is 26.2 Å². The molecule has 1 N–H and O–H groups in total. The van der Waals surface area contributed by atoms with Crippen LogP contribution in [0.3, 0.4) is 0 Å². The van der Waals surface area contributed by atoms with Crippen LogP contribution in [0.15, 0.2) is 65.6 Å². The summed E-state index contributed by atoms with van der Waals surface area (Å²) < 4.78 is 26.9. The number of likely N-dealkylation sites (N-methyl/N-ethyl adjacent to an activating group) is 1. The van der Waals surface area contributed by atoms with Gasteiger partial charge < -0.3 is 5.32 Å². The highest BCUT2D eigenvalue weighted by Gasteiger charge is 2.24. The SMILES string of the molecule is Cc1ccc([C@H](C)NC(=O)CN(C)S(=O)(=O)c2ccc3ccccc3c2)cc1C. The maximum atomic E-state index is 12.9. The third kappa shape index (κ3) is 4.66. The molecule has 0 aliphatic carbocycles. The van der Waals surface area contributed by atoms with Crippen molar-refractivity contribution in [1.29, 1.82) is 0 Å². The molecule has 6 heteroatoms. The number of aryl methyl sites for hydroxylation is 2.